The van der Waals surface area contributed by atoms with E-state index in [4.69, 9.17) is 0 Å². The topological polar surface area (TPSA) is 12.9 Å². The largest absolute Gasteiger partial charge is 0.264 e. The van der Waals surface area contributed by atoms with Gasteiger partial charge in [-0.3, -0.25) is 4.98 Å². The zero-order valence-electron chi connectivity index (χ0n) is 16.4. The number of rotatable bonds is 2. The summed E-state index contributed by atoms with van der Waals surface area (Å²) in [6, 6.07) is 37.1. The SMILES string of the molecule is c1cncc(-c2cccc(-c3ccc4c5ccccc5c5ccccc5c4c3)c2)c1. The van der Waals surface area contributed by atoms with E-state index < -0.39 is 0 Å². The lowest BCUT2D eigenvalue weighted by molar-refractivity contribution is 1.33. The van der Waals surface area contributed by atoms with Gasteiger partial charge in [-0.15, -0.1) is 0 Å². The Morgan fingerprint density at radius 2 is 0.900 bits per heavy atom. The number of benzene rings is 5. The highest BCUT2D eigenvalue weighted by molar-refractivity contribution is 6.25. The average Bonchev–Trinajstić information content (AvgIpc) is 2.84. The minimum Gasteiger partial charge on any atom is -0.264 e. The van der Waals surface area contributed by atoms with Crippen LogP contribution in [0.2, 0.25) is 0 Å². The molecule has 0 N–H and O–H groups in total. The maximum atomic E-state index is 4.27. The molecule has 0 unspecified atom stereocenters. The Balaban J connectivity index is 1.61. The van der Waals surface area contributed by atoms with Crippen LogP contribution in [0.3, 0.4) is 0 Å². The van der Waals surface area contributed by atoms with Gasteiger partial charge in [-0.2, -0.15) is 0 Å². The summed E-state index contributed by atoms with van der Waals surface area (Å²) in [5.74, 6) is 0. The van der Waals surface area contributed by atoms with Gasteiger partial charge in [0.15, 0.2) is 0 Å². The molecule has 0 aliphatic rings. The Hall–Kier alpha value is -3.97. The van der Waals surface area contributed by atoms with Crippen LogP contribution in [0, 0.1) is 0 Å². The van der Waals surface area contributed by atoms with Crippen LogP contribution < -0.4 is 0 Å². The van der Waals surface area contributed by atoms with Gasteiger partial charge in [0.05, 0.1) is 0 Å². The lowest BCUT2D eigenvalue weighted by Gasteiger charge is -2.12. The predicted molar refractivity (Wildman–Crippen MR) is 128 cm³/mol. The summed E-state index contributed by atoms with van der Waals surface area (Å²) in [7, 11) is 0. The maximum Gasteiger partial charge on any atom is 0.0346 e. The van der Waals surface area contributed by atoms with Crippen LogP contribution in [0.1, 0.15) is 0 Å². The number of pyridine rings is 1. The minimum atomic E-state index is 1.14. The number of hydrogen-bond acceptors (Lipinski definition) is 1. The molecule has 6 rings (SSSR count). The fourth-order valence-corrected chi connectivity index (χ4v) is 4.50. The summed E-state index contributed by atoms with van der Waals surface area (Å²) in [6.45, 7) is 0. The predicted octanol–water partition coefficient (Wildman–Crippen LogP) is 7.88. The second-order valence-electron chi connectivity index (χ2n) is 7.67. The maximum absolute atomic E-state index is 4.27. The number of nitrogens with zero attached hydrogens (tertiary/aromatic N) is 1. The first-order valence-electron chi connectivity index (χ1n) is 10.2. The molecule has 1 aromatic heterocycles. The molecule has 5 aromatic carbocycles. The highest BCUT2D eigenvalue weighted by Gasteiger charge is 2.10. The lowest BCUT2D eigenvalue weighted by atomic mass is 9.91. The standard InChI is InChI=1S/C29H19N/c1-2-12-26-24(10-1)25-11-3-4-13-27(25)29-18-22(14-15-28(26)29)20-7-5-8-21(17-20)23-9-6-16-30-19-23/h1-19H. The highest BCUT2D eigenvalue weighted by Crippen LogP contribution is 2.37. The number of aromatic nitrogens is 1. The normalized spacial score (nSPS) is 11.3. The third-order valence-corrected chi connectivity index (χ3v) is 5.93. The van der Waals surface area contributed by atoms with Crippen molar-refractivity contribution < 1.29 is 0 Å². The van der Waals surface area contributed by atoms with Gasteiger partial charge in [0.25, 0.3) is 0 Å². The van der Waals surface area contributed by atoms with E-state index in [0.29, 0.717) is 0 Å². The van der Waals surface area contributed by atoms with Crippen molar-refractivity contribution in [1.29, 1.82) is 0 Å². The van der Waals surface area contributed by atoms with Gasteiger partial charge in [-0.1, -0.05) is 84.9 Å². The molecular formula is C29H19N. The first-order valence-corrected chi connectivity index (χ1v) is 10.2. The lowest BCUT2D eigenvalue weighted by Crippen LogP contribution is -1.86. The first-order chi connectivity index (χ1) is 14.9. The third kappa shape index (κ3) is 2.67. The van der Waals surface area contributed by atoms with E-state index in [1.165, 1.54) is 49.0 Å². The van der Waals surface area contributed by atoms with Crippen molar-refractivity contribution in [2.45, 2.75) is 0 Å². The first kappa shape index (κ1) is 16.9. The van der Waals surface area contributed by atoms with Gasteiger partial charge in [0, 0.05) is 18.0 Å². The summed E-state index contributed by atoms with van der Waals surface area (Å²) in [5, 5.41) is 7.83. The van der Waals surface area contributed by atoms with E-state index >= 15 is 0 Å². The van der Waals surface area contributed by atoms with Crippen LogP contribution in [0.5, 0.6) is 0 Å². The van der Waals surface area contributed by atoms with Crippen molar-refractivity contribution >= 4 is 32.3 Å². The molecule has 0 saturated heterocycles. The molecule has 6 aromatic rings. The summed E-state index contributed by atoms with van der Waals surface area (Å²) in [6.07, 6.45) is 3.73. The van der Waals surface area contributed by atoms with Crippen LogP contribution in [0.15, 0.2) is 116 Å². The third-order valence-electron chi connectivity index (χ3n) is 5.93. The van der Waals surface area contributed by atoms with Crippen molar-refractivity contribution in [2.24, 2.45) is 0 Å². The van der Waals surface area contributed by atoms with E-state index in [1.54, 1.807) is 0 Å². The Bertz CT molecular complexity index is 1500. The molecule has 1 nitrogen and oxygen atoms in total. The number of hydrogen-bond donors (Lipinski definition) is 0. The van der Waals surface area contributed by atoms with Crippen molar-refractivity contribution in [3.8, 4) is 22.3 Å². The molecule has 0 bridgehead atoms. The van der Waals surface area contributed by atoms with E-state index in [9.17, 15) is 0 Å². The molecule has 0 amide bonds. The average molecular weight is 381 g/mol. The second kappa shape index (κ2) is 6.82. The molecule has 1 heteroatoms. The fourth-order valence-electron chi connectivity index (χ4n) is 4.50. The smallest absolute Gasteiger partial charge is 0.0346 e. The zero-order chi connectivity index (χ0) is 19.9. The second-order valence-corrected chi connectivity index (χ2v) is 7.67. The Labute approximate surface area is 175 Å². The van der Waals surface area contributed by atoms with Gasteiger partial charge in [-0.25, -0.2) is 0 Å². The van der Waals surface area contributed by atoms with Gasteiger partial charge in [0.2, 0.25) is 0 Å². The van der Waals surface area contributed by atoms with Gasteiger partial charge in [0.1, 0.15) is 0 Å². The highest BCUT2D eigenvalue weighted by atomic mass is 14.6. The molecule has 0 aliphatic carbocycles. The van der Waals surface area contributed by atoms with Gasteiger partial charge >= 0.3 is 0 Å². The summed E-state index contributed by atoms with van der Waals surface area (Å²) in [5.41, 5.74) is 4.77. The van der Waals surface area contributed by atoms with Crippen molar-refractivity contribution in [3.05, 3.63) is 116 Å². The van der Waals surface area contributed by atoms with Crippen LogP contribution in [-0.2, 0) is 0 Å². The van der Waals surface area contributed by atoms with Gasteiger partial charge in [-0.05, 0) is 67.2 Å². The Morgan fingerprint density at radius 1 is 0.367 bits per heavy atom. The molecule has 0 fully saturated rings. The van der Waals surface area contributed by atoms with Crippen LogP contribution >= 0.6 is 0 Å². The molecule has 0 radical (unpaired) electrons. The Kier molecular flexibility index (Phi) is 3.85. The number of fused-ring (bicyclic) bond motifs is 6. The zero-order valence-corrected chi connectivity index (χ0v) is 16.4. The van der Waals surface area contributed by atoms with Crippen LogP contribution in [0.4, 0.5) is 0 Å². The molecule has 1 heterocycles. The van der Waals surface area contributed by atoms with Crippen LogP contribution in [-0.4, -0.2) is 4.98 Å². The molecule has 0 aliphatic heterocycles. The summed E-state index contributed by atoms with van der Waals surface area (Å²) < 4.78 is 0. The minimum absolute atomic E-state index is 1.14. The molecule has 0 spiro atoms. The quantitative estimate of drug-likeness (QED) is 0.278. The Morgan fingerprint density at radius 3 is 1.53 bits per heavy atom. The van der Waals surface area contributed by atoms with Crippen molar-refractivity contribution in [3.63, 3.8) is 0 Å². The molecule has 0 saturated carbocycles. The van der Waals surface area contributed by atoms with Crippen LogP contribution in [0.25, 0.3) is 54.6 Å². The molecule has 140 valence electrons. The van der Waals surface area contributed by atoms with E-state index in [1.807, 2.05) is 18.5 Å². The fraction of sp³-hybridized carbons (Fsp3) is 0. The van der Waals surface area contributed by atoms with Crippen molar-refractivity contribution in [1.82, 2.24) is 4.98 Å². The van der Waals surface area contributed by atoms with Gasteiger partial charge < -0.3 is 0 Å². The molecular weight excluding hydrogens is 362 g/mol. The monoisotopic (exact) mass is 381 g/mol. The van der Waals surface area contributed by atoms with E-state index in [0.717, 1.165) is 5.56 Å². The molecule has 0 atom stereocenters. The van der Waals surface area contributed by atoms with Crippen molar-refractivity contribution in [2.75, 3.05) is 0 Å². The van der Waals surface area contributed by atoms with E-state index in [-0.39, 0.29) is 0 Å². The molecule has 30 heavy (non-hydrogen) atoms. The summed E-state index contributed by atoms with van der Waals surface area (Å²) >= 11 is 0. The summed E-state index contributed by atoms with van der Waals surface area (Å²) in [4.78, 5) is 4.27. The van der Waals surface area contributed by atoms with E-state index in [2.05, 4.69) is 102 Å².